The van der Waals surface area contributed by atoms with Crippen molar-refractivity contribution in [3.63, 3.8) is 0 Å². The van der Waals surface area contributed by atoms with Gasteiger partial charge in [-0.25, -0.2) is 0 Å². The van der Waals surface area contributed by atoms with Crippen LogP contribution in [0, 0.1) is 0 Å². The van der Waals surface area contributed by atoms with Crippen molar-refractivity contribution in [2.75, 3.05) is 0 Å². The van der Waals surface area contributed by atoms with E-state index in [4.69, 9.17) is 17.3 Å². The van der Waals surface area contributed by atoms with E-state index in [1.165, 1.54) is 6.07 Å². The third kappa shape index (κ3) is 3.53. The molecule has 0 aliphatic heterocycles. The van der Waals surface area contributed by atoms with Crippen molar-refractivity contribution in [2.24, 2.45) is 5.73 Å². The third-order valence-corrected chi connectivity index (χ3v) is 3.49. The van der Waals surface area contributed by atoms with Gasteiger partial charge >= 0.3 is 6.18 Å². The average Bonchev–Trinajstić information content (AvgIpc) is 2.36. The first-order valence-corrected chi connectivity index (χ1v) is 6.83. The SMILES string of the molecule is NC(c1cc(Cl)cc(Br)c1)c1cccc(C(F)(F)F)c1. The summed E-state index contributed by atoms with van der Waals surface area (Å²) in [5.41, 5.74) is 6.33. The monoisotopic (exact) mass is 363 g/mol. The molecule has 2 aromatic rings. The van der Waals surface area contributed by atoms with Gasteiger partial charge in [-0.15, -0.1) is 0 Å². The second kappa shape index (κ2) is 5.76. The number of benzene rings is 2. The molecule has 106 valence electrons. The van der Waals surface area contributed by atoms with Crippen LogP contribution < -0.4 is 5.73 Å². The van der Waals surface area contributed by atoms with Crippen LogP contribution >= 0.6 is 27.5 Å². The molecule has 0 saturated carbocycles. The van der Waals surface area contributed by atoms with Crippen LogP contribution in [-0.2, 0) is 6.18 Å². The largest absolute Gasteiger partial charge is 0.416 e. The van der Waals surface area contributed by atoms with Crippen LogP contribution in [0.3, 0.4) is 0 Å². The van der Waals surface area contributed by atoms with E-state index in [9.17, 15) is 13.2 Å². The van der Waals surface area contributed by atoms with Crippen LogP contribution in [0.5, 0.6) is 0 Å². The van der Waals surface area contributed by atoms with E-state index < -0.39 is 17.8 Å². The van der Waals surface area contributed by atoms with Crippen LogP contribution in [0.4, 0.5) is 13.2 Å². The molecule has 2 aromatic carbocycles. The van der Waals surface area contributed by atoms with Gasteiger partial charge in [0.05, 0.1) is 11.6 Å². The lowest BCUT2D eigenvalue weighted by molar-refractivity contribution is -0.137. The molecule has 20 heavy (non-hydrogen) atoms. The van der Waals surface area contributed by atoms with Gasteiger partial charge in [0.1, 0.15) is 0 Å². The second-order valence-electron chi connectivity index (χ2n) is 4.30. The van der Waals surface area contributed by atoms with E-state index in [1.807, 2.05) is 0 Å². The highest BCUT2D eigenvalue weighted by Crippen LogP contribution is 2.32. The predicted octanol–water partition coefficient (Wildman–Crippen LogP) is 5.17. The fourth-order valence-corrected chi connectivity index (χ4v) is 2.74. The van der Waals surface area contributed by atoms with E-state index in [1.54, 1.807) is 24.3 Å². The summed E-state index contributed by atoms with van der Waals surface area (Å²) in [6.07, 6.45) is -4.38. The molecule has 6 heteroatoms. The molecule has 0 bridgehead atoms. The first-order valence-electron chi connectivity index (χ1n) is 5.66. The molecule has 0 aliphatic rings. The van der Waals surface area contributed by atoms with Gasteiger partial charge in [-0.3, -0.25) is 0 Å². The zero-order valence-corrected chi connectivity index (χ0v) is 12.4. The summed E-state index contributed by atoms with van der Waals surface area (Å²) < 4.78 is 38.8. The quantitative estimate of drug-likeness (QED) is 0.782. The smallest absolute Gasteiger partial charge is 0.320 e. The molecule has 0 aliphatic carbocycles. The van der Waals surface area contributed by atoms with Crippen molar-refractivity contribution in [1.82, 2.24) is 0 Å². The minimum Gasteiger partial charge on any atom is -0.320 e. The fraction of sp³-hybridized carbons (Fsp3) is 0.143. The van der Waals surface area contributed by atoms with Gasteiger partial charge in [0.2, 0.25) is 0 Å². The lowest BCUT2D eigenvalue weighted by Gasteiger charge is -2.15. The molecule has 0 radical (unpaired) electrons. The molecule has 2 N–H and O–H groups in total. The highest BCUT2D eigenvalue weighted by Gasteiger charge is 2.30. The number of rotatable bonds is 2. The van der Waals surface area contributed by atoms with Crippen molar-refractivity contribution < 1.29 is 13.2 Å². The van der Waals surface area contributed by atoms with Crippen LogP contribution in [0.2, 0.25) is 5.02 Å². The lowest BCUT2D eigenvalue weighted by Crippen LogP contribution is -2.13. The van der Waals surface area contributed by atoms with E-state index in [0.29, 0.717) is 16.1 Å². The highest BCUT2D eigenvalue weighted by molar-refractivity contribution is 9.10. The van der Waals surface area contributed by atoms with Gasteiger partial charge in [-0.2, -0.15) is 13.2 Å². The van der Waals surface area contributed by atoms with Crippen LogP contribution in [0.1, 0.15) is 22.7 Å². The summed E-state index contributed by atoms with van der Waals surface area (Å²) in [5, 5.41) is 0.469. The molecule has 0 heterocycles. The van der Waals surface area contributed by atoms with Crippen molar-refractivity contribution >= 4 is 27.5 Å². The van der Waals surface area contributed by atoms with Gasteiger partial charge < -0.3 is 5.73 Å². The van der Waals surface area contributed by atoms with Crippen molar-refractivity contribution in [2.45, 2.75) is 12.2 Å². The summed E-state index contributed by atoms with van der Waals surface area (Å²) in [7, 11) is 0. The molecule has 0 spiro atoms. The standard InChI is InChI=1S/C14H10BrClF3N/c15-11-5-9(6-12(16)7-11)13(20)8-2-1-3-10(4-8)14(17,18)19/h1-7,13H,20H2. The Balaban J connectivity index is 2.40. The topological polar surface area (TPSA) is 26.0 Å². The zero-order valence-electron chi connectivity index (χ0n) is 10.1. The maximum atomic E-state index is 12.7. The van der Waals surface area contributed by atoms with Crippen molar-refractivity contribution in [3.05, 3.63) is 68.7 Å². The minimum atomic E-state index is -4.38. The van der Waals surface area contributed by atoms with Gasteiger partial charge in [0, 0.05) is 9.50 Å². The molecular formula is C14H10BrClF3N. The van der Waals surface area contributed by atoms with Crippen molar-refractivity contribution in [3.8, 4) is 0 Å². The van der Waals surface area contributed by atoms with Gasteiger partial charge in [0.15, 0.2) is 0 Å². The average molecular weight is 365 g/mol. The zero-order chi connectivity index (χ0) is 14.9. The number of hydrogen-bond donors (Lipinski definition) is 1. The molecule has 0 saturated heterocycles. The first-order chi connectivity index (χ1) is 9.27. The summed E-state index contributed by atoms with van der Waals surface area (Å²) in [6.45, 7) is 0. The molecule has 1 nitrogen and oxygen atoms in total. The number of hydrogen-bond acceptors (Lipinski definition) is 1. The first kappa shape index (κ1) is 15.4. The Bertz CT molecular complexity index is 608. The third-order valence-electron chi connectivity index (χ3n) is 2.82. The highest BCUT2D eigenvalue weighted by atomic mass is 79.9. The van der Waals surface area contributed by atoms with Crippen molar-refractivity contribution in [1.29, 1.82) is 0 Å². The van der Waals surface area contributed by atoms with Gasteiger partial charge in [-0.1, -0.05) is 39.7 Å². The molecule has 1 unspecified atom stereocenters. The molecule has 2 rings (SSSR count). The summed E-state index contributed by atoms with van der Waals surface area (Å²) in [5.74, 6) is 0. The summed E-state index contributed by atoms with van der Waals surface area (Å²) in [6, 6.07) is 9.36. The van der Waals surface area contributed by atoms with Gasteiger partial charge in [-0.05, 0) is 41.5 Å². The molecule has 0 fully saturated rings. The Hall–Kier alpha value is -1.04. The lowest BCUT2D eigenvalue weighted by atomic mass is 9.98. The Morgan fingerprint density at radius 1 is 1.05 bits per heavy atom. The van der Waals surface area contributed by atoms with Gasteiger partial charge in [0.25, 0.3) is 0 Å². The maximum absolute atomic E-state index is 12.7. The molecule has 0 amide bonds. The van der Waals surface area contributed by atoms with Crippen LogP contribution in [0.25, 0.3) is 0 Å². The number of alkyl halides is 3. The maximum Gasteiger partial charge on any atom is 0.416 e. The van der Waals surface area contributed by atoms with Crippen LogP contribution in [0.15, 0.2) is 46.9 Å². The Labute approximate surface area is 127 Å². The van der Waals surface area contributed by atoms with E-state index in [2.05, 4.69) is 15.9 Å². The second-order valence-corrected chi connectivity index (χ2v) is 5.66. The van der Waals surface area contributed by atoms with E-state index in [-0.39, 0.29) is 0 Å². The summed E-state index contributed by atoms with van der Waals surface area (Å²) >= 11 is 9.20. The molecule has 1 atom stereocenters. The molecule has 0 aromatic heterocycles. The fourth-order valence-electron chi connectivity index (χ4n) is 1.86. The van der Waals surface area contributed by atoms with Crippen LogP contribution in [-0.4, -0.2) is 0 Å². The predicted molar refractivity (Wildman–Crippen MR) is 76.6 cm³/mol. The Morgan fingerprint density at radius 3 is 2.35 bits per heavy atom. The Kier molecular flexibility index (Phi) is 4.42. The number of nitrogens with two attached hydrogens (primary N) is 1. The normalized spacial score (nSPS) is 13.3. The Morgan fingerprint density at radius 2 is 1.75 bits per heavy atom. The number of halogens is 5. The summed E-state index contributed by atoms with van der Waals surface area (Å²) in [4.78, 5) is 0. The minimum absolute atomic E-state index is 0.383. The van der Waals surface area contributed by atoms with E-state index in [0.717, 1.165) is 16.6 Å². The molecular weight excluding hydrogens is 355 g/mol. The van der Waals surface area contributed by atoms with E-state index >= 15 is 0 Å².